The van der Waals surface area contributed by atoms with Crippen molar-refractivity contribution in [3.8, 4) is 0 Å². The van der Waals surface area contributed by atoms with Crippen molar-refractivity contribution in [2.75, 3.05) is 18.9 Å². The number of nitrogens with two attached hydrogens (primary N) is 1. The summed E-state index contributed by atoms with van der Waals surface area (Å²) in [4.78, 5) is 30.9. The Morgan fingerprint density at radius 2 is 2.32 bits per heavy atom. The van der Waals surface area contributed by atoms with Crippen LogP contribution < -0.4 is 5.73 Å². The number of carbonyl (C=O) groups is 2. The summed E-state index contributed by atoms with van der Waals surface area (Å²) in [5.74, 6) is -0.584. The lowest BCUT2D eigenvalue weighted by molar-refractivity contribution is -0.159. The predicted molar refractivity (Wildman–Crippen MR) is 81.7 cm³/mol. The highest BCUT2D eigenvalue weighted by Crippen LogP contribution is 2.44. The van der Waals surface area contributed by atoms with Gasteiger partial charge in [0.1, 0.15) is 11.7 Å². The highest BCUT2D eigenvalue weighted by molar-refractivity contribution is 8.00. The van der Waals surface area contributed by atoms with Gasteiger partial charge in [-0.2, -0.15) is 0 Å². The van der Waals surface area contributed by atoms with E-state index in [1.54, 1.807) is 11.8 Å². The maximum atomic E-state index is 11.9. The van der Waals surface area contributed by atoms with Gasteiger partial charge < -0.3 is 15.7 Å². The summed E-state index contributed by atoms with van der Waals surface area (Å²) in [6.45, 7) is 2.45. The molecule has 3 atom stereocenters. The van der Waals surface area contributed by atoms with Gasteiger partial charge in [-0.1, -0.05) is 13.3 Å². The second kappa shape index (κ2) is 6.10. The predicted octanol–water partition coefficient (Wildman–Crippen LogP) is 0.374. The molecule has 0 spiro atoms. The minimum Gasteiger partial charge on any atom is -0.477 e. The summed E-state index contributed by atoms with van der Waals surface area (Å²) >= 11 is 1.74. The molecule has 0 saturated carbocycles. The third-order valence-corrected chi connectivity index (χ3v) is 5.67. The number of thioether (sulfide) groups is 1. The van der Waals surface area contributed by atoms with E-state index < -0.39 is 12.0 Å². The highest BCUT2D eigenvalue weighted by Gasteiger charge is 2.45. The number of hydroxylamine groups is 2. The van der Waals surface area contributed by atoms with Gasteiger partial charge in [0, 0.05) is 11.8 Å². The zero-order chi connectivity index (χ0) is 15.9. The van der Waals surface area contributed by atoms with Crippen molar-refractivity contribution in [2.45, 2.75) is 43.6 Å². The molecule has 3 rings (SSSR count). The Kier molecular flexibility index (Phi) is 4.33. The molecule has 0 radical (unpaired) electrons. The number of amides is 1. The molecular weight excluding hydrogens is 306 g/mol. The van der Waals surface area contributed by atoms with Crippen LogP contribution in [0.2, 0.25) is 0 Å². The Bertz CT molecular complexity index is 524. The van der Waals surface area contributed by atoms with Gasteiger partial charge in [-0.3, -0.25) is 9.63 Å². The van der Waals surface area contributed by atoms with E-state index in [1.165, 1.54) is 5.06 Å². The number of fused-ring (bicyclic) bond motifs is 1. The largest absolute Gasteiger partial charge is 0.477 e. The van der Waals surface area contributed by atoms with Crippen molar-refractivity contribution in [1.29, 1.82) is 0 Å². The molecular formula is C14H21N3O4S. The van der Waals surface area contributed by atoms with Gasteiger partial charge in [0.15, 0.2) is 0 Å². The highest BCUT2D eigenvalue weighted by atomic mass is 32.2. The van der Waals surface area contributed by atoms with Crippen LogP contribution in [0.5, 0.6) is 0 Å². The van der Waals surface area contributed by atoms with E-state index in [2.05, 4.69) is 6.92 Å². The Balaban J connectivity index is 1.82. The van der Waals surface area contributed by atoms with Crippen LogP contribution in [0.15, 0.2) is 11.3 Å². The molecule has 22 heavy (non-hydrogen) atoms. The summed E-state index contributed by atoms with van der Waals surface area (Å²) in [6, 6.07) is -0.351. The van der Waals surface area contributed by atoms with Gasteiger partial charge in [0.25, 0.3) is 5.91 Å². The van der Waals surface area contributed by atoms with Gasteiger partial charge in [0.05, 0.1) is 18.5 Å². The summed E-state index contributed by atoms with van der Waals surface area (Å²) in [7, 11) is 0. The first-order valence-electron chi connectivity index (χ1n) is 7.58. The van der Waals surface area contributed by atoms with Gasteiger partial charge in [-0.05, 0) is 18.4 Å². The molecule has 0 aliphatic carbocycles. The normalized spacial score (nSPS) is 31.4. The maximum Gasteiger partial charge on any atom is 0.352 e. The van der Waals surface area contributed by atoms with Crippen LogP contribution in [0.25, 0.3) is 0 Å². The molecule has 8 heteroatoms. The molecule has 2 fully saturated rings. The fraction of sp³-hybridized carbons (Fsp3) is 0.714. The third kappa shape index (κ3) is 2.59. The van der Waals surface area contributed by atoms with Crippen molar-refractivity contribution in [3.63, 3.8) is 0 Å². The molecule has 122 valence electrons. The van der Waals surface area contributed by atoms with Crippen molar-refractivity contribution >= 4 is 23.6 Å². The standard InChI is InChI=1S/C14H21N3O4S/c1-2-3-9-4-11-17(9)12(14(19)20)8(7-22-11)5-16-13(18)10(15)6-21-16/h9-11H,2-7,15H2,1H3,(H,19,20)/t9?,10?,11-/m1/s1. The summed E-state index contributed by atoms with van der Waals surface area (Å²) < 4.78 is 0. The van der Waals surface area contributed by atoms with E-state index in [4.69, 9.17) is 10.6 Å². The first-order chi connectivity index (χ1) is 10.5. The van der Waals surface area contributed by atoms with Gasteiger partial charge in [0.2, 0.25) is 0 Å². The molecule has 3 aliphatic heterocycles. The topological polar surface area (TPSA) is 96.1 Å². The van der Waals surface area contributed by atoms with Gasteiger partial charge in [-0.15, -0.1) is 11.8 Å². The Morgan fingerprint density at radius 3 is 2.91 bits per heavy atom. The number of aliphatic carboxylic acids is 1. The third-order valence-electron chi connectivity index (χ3n) is 4.35. The van der Waals surface area contributed by atoms with Crippen LogP contribution >= 0.6 is 11.8 Å². The number of rotatable bonds is 5. The van der Waals surface area contributed by atoms with Crippen molar-refractivity contribution < 1.29 is 19.5 Å². The lowest BCUT2D eigenvalue weighted by Crippen LogP contribution is -2.57. The molecule has 0 aromatic rings. The van der Waals surface area contributed by atoms with E-state index >= 15 is 0 Å². The first-order valence-corrected chi connectivity index (χ1v) is 8.63. The van der Waals surface area contributed by atoms with Crippen molar-refractivity contribution in [1.82, 2.24) is 9.96 Å². The molecule has 0 bridgehead atoms. The van der Waals surface area contributed by atoms with Crippen LogP contribution in [-0.2, 0) is 14.4 Å². The Morgan fingerprint density at radius 1 is 1.55 bits per heavy atom. The smallest absolute Gasteiger partial charge is 0.352 e. The fourth-order valence-electron chi connectivity index (χ4n) is 3.24. The minimum absolute atomic E-state index is 0.159. The summed E-state index contributed by atoms with van der Waals surface area (Å²) in [5, 5.41) is 11.1. The molecule has 3 N–H and O–H groups in total. The summed E-state index contributed by atoms with van der Waals surface area (Å²) in [5.41, 5.74) is 6.71. The number of hydrogen-bond acceptors (Lipinski definition) is 6. The lowest BCUT2D eigenvalue weighted by atomic mass is 9.95. The summed E-state index contributed by atoms with van der Waals surface area (Å²) in [6.07, 6.45) is 3.06. The van der Waals surface area contributed by atoms with E-state index in [1.807, 2.05) is 4.90 Å². The molecule has 2 saturated heterocycles. The quantitative estimate of drug-likeness (QED) is 0.753. The van der Waals surface area contributed by atoms with E-state index in [0.29, 0.717) is 17.5 Å². The van der Waals surface area contributed by atoms with Gasteiger partial charge >= 0.3 is 5.97 Å². The number of carbonyl (C=O) groups excluding carboxylic acids is 1. The Labute approximate surface area is 133 Å². The van der Waals surface area contributed by atoms with Crippen molar-refractivity contribution in [3.05, 3.63) is 11.3 Å². The van der Waals surface area contributed by atoms with Gasteiger partial charge in [-0.25, -0.2) is 9.86 Å². The SMILES string of the molecule is CCCC1C[C@H]2SCC(CN3OCC(N)C3=O)=C(C(=O)O)N12. The van der Waals surface area contributed by atoms with Crippen LogP contribution in [-0.4, -0.2) is 63.3 Å². The molecule has 0 aromatic carbocycles. The minimum atomic E-state index is -0.919. The maximum absolute atomic E-state index is 11.9. The number of carboxylic acids is 1. The molecule has 1 amide bonds. The second-order valence-electron chi connectivity index (χ2n) is 5.89. The van der Waals surface area contributed by atoms with Crippen molar-refractivity contribution in [2.24, 2.45) is 5.73 Å². The average Bonchev–Trinajstić information content (AvgIpc) is 2.77. The molecule has 7 nitrogen and oxygen atoms in total. The molecule has 0 aromatic heterocycles. The van der Waals surface area contributed by atoms with Crippen LogP contribution in [0, 0.1) is 0 Å². The van der Waals surface area contributed by atoms with E-state index in [-0.39, 0.29) is 24.4 Å². The zero-order valence-corrected chi connectivity index (χ0v) is 13.3. The fourth-order valence-corrected chi connectivity index (χ4v) is 4.66. The number of hydrogen-bond donors (Lipinski definition) is 2. The average molecular weight is 327 g/mol. The monoisotopic (exact) mass is 327 g/mol. The number of carboxylic acid groups (broad SMARTS) is 1. The van der Waals surface area contributed by atoms with E-state index in [0.717, 1.165) is 24.8 Å². The number of nitrogens with zero attached hydrogens (tertiary/aromatic N) is 2. The van der Waals surface area contributed by atoms with E-state index in [9.17, 15) is 14.7 Å². The first kappa shape index (κ1) is 15.6. The zero-order valence-electron chi connectivity index (χ0n) is 12.5. The van der Waals surface area contributed by atoms with Crippen LogP contribution in [0.1, 0.15) is 26.2 Å². The molecule has 2 unspecified atom stereocenters. The Hall–Kier alpha value is -1.25. The van der Waals surface area contributed by atoms with Crippen LogP contribution in [0.3, 0.4) is 0 Å². The molecule has 3 aliphatic rings. The second-order valence-corrected chi connectivity index (χ2v) is 7.05. The molecule has 3 heterocycles. The van der Waals surface area contributed by atoms with Crippen LogP contribution in [0.4, 0.5) is 0 Å². The lowest BCUT2D eigenvalue weighted by Gasteiger charge is -2.53.